The van der Waals surface area contributed by atoms with Crippen LogP contribution in [-0.2, 0) is 12.8 Å². The molecule has 0 aliphatic carbocycles. The predicted octanol–water partition coefficient (Wildman–Crippen LogP) is 3.56. The number of hydrogen-bond donors (Lipinski definition) is 1. The minimum absolute atomic E-state index is 0.0759. The average Bonchev–Trinajstić information content (AvgIpc) is 3.22. The highest BCUT2D eigenvalue weighted by molar-refractivity contribution is 6.01. The summed E-state index contributed by atoms with van der Waals surface area (Å²) in [5.41, 5.74) is 3.61. The summed E-state index contributed by atoms with van der Waals surface area (Å²) >= 11 is 0. The monoisotopic (exact) mass is 353 g/mol. The Kier molecular flexibility index (Phi) is 5.16. The van der Waals surface area contributed by atoms with Gasteiger partial charge in [-0.15, -0.1) is 5.10 Å². The van der Waals surface area contributed by atoms with E-state index >= 15 is 0 Å². The smallest absolute Gasteiger partial charge is 0.322 e. The molecule has 3 aromatic rings. The van der Waals surface area contributed by atoms with E-state index in [1.54, 1.807) is 10.7 Å². The van der Waals surface area contributed by atoms with Crippen molar-refractivity contribution in [3.63, 3.8) is 0 Å². The number of hydrogen-bond acceptors (Lipinski definition) is 5. The molecule has 1 N–H and O–H groups in total. The topological polar surface area (TPSA) is 85.8 Å². The van der Waals surface area contributed by atoms with Crippen molar-refractivity contribution in [2.24, 2.45) is 0 Å². The zero-order valence-corrected chi connectivity index (χ0v) is 15.5. The number of benzene rings is 1. The van der Waals surface area contributed by atoms with Crippen LogP contribution in [0.4, 0.5) is 6.01 Å². The van der Waals surface area contributed by atoms with Gasteiger partial charge < -0.3 is 4.42 Å². The molecule has 1 amide bonds. The van der Waals surface area contributed by atoms with Crippen molar-refractivity contribution in [2.45, 2.75) is 46.6 Å². The van der Waals surface area contributed by atoms with Crippen LogP contribution in [0.3, 0.4) is 0 Å². The van der Waals surface area contributed by atoms with E-state index in [-0.39, 0.29) is 18.0 Å². The van der Waals surface area contributed by atoms with Gasteiger partial charge in [-0.25, -0.2) is 0 Å². The fraction of sp³-hybridized carbons (Fsp3) is 0.368. The second-order valence-electron chi connectivity index (χ2n) is 6.51. The van der Waals surface area contributed by atoms with E-state index in [0.717, 1.165) is 17.7 Å². The van der Waals surface area contributed by atoms with Crippen LogP contribution in [0, 0.1) is 6.92 Å². The van der Waals surface area contributed by atoms with Gasteiger partial charge in [0.15, 0.2) is 5.69 Å². The number of amides is 1. The standard InChI is InChI=1S/C19H23N5O2/c1-5-14-6-8-15(9-7-14)11-17-21-22-19(26-17)20-18(25)16-10-13(4)24(23-16)12(2)3/h6-10,12H,5,11H2,1-4H3,(H,20,22,25). The Labute approximate surface area is 152 Å². The summed E-state index contributed by atoms with van der Waals surface area (Å²) in [7, 11) is 0. The first-order valence-electron chi connectivity index (χ1n) is 8.74. The van der Waals surface area contributed by atoms with Crippen LogP contribution < -0.4 is 5.32 Å². The summed E-state index contributed by atoms with van der Waals surface area (Å²) in [6.45, 7) is 8.06. The Morgan fingerprint density at radius 1 is 1.19 bits per heavy atom. The van der Waals surface area contributed by atoms with Crippen molar-refractivity contribution in [1.29, 1.82) is 0 Å². The fourth-order valence-electron chi connectivity index (χ4n) is 2.73. The lowest BCUT2D eigenvalue weighted by atomic mass is 10.1. The van der Waals surface area contributed by atoms with E-state index in [9.17, 15) is 4.79 Å². The first-order valence-corrected chi connectivity index (χ1v) is 8.74. The molecule has 0 spiro atoms. The SMILES string of the molecule is CCc1ccc(Cc2nnc(NC(=O)c3cc(C)n(C(C)C)n3)o2)cc1. The molecule has 2 aromatic heterocycles. The van der Waals surface area contributed by atoms with Crippen LogP contribution in [0.1, 0.15) is 60.0 Å². The highest BCUT2D eigenvalue weighted by atomic mass is 16.4. The lowest BCUT2D eigenvalue weighted by Gasteiger charge is -2.06. The van der Waals surface area contributed by atoms with Crippen molar-refractivity contribution in [1.82, 2.24) is 20.0 Å². The van der Waals surface area contributed by atoms with E-state index in [2.05, 4.69) is 39.7 Å². The van der Waals surface area contributed by atoms with Gasteiger partial charge >= 0.3 is 6.01 Å². The molecule has 7 heteroatoms. The summed E-state index contributed by atoms with van der Waals surface area (Å²) in [5.74, 6) is 0.0865. The van der Waals surface area contributed by atoms with Crippen molar-refractivity contribution in [3.05, 3.63) is 58.7 Å². The van der Waals surface area contributed by atoms with Crippen LogP contribution in [0.2, 0.25) is 0 Å². The van der Waals surface area contributed by atoms with Gasteiger partial charge in [0.25, 0.3) is 5.91 Å². The summed E-state index contributed by atoms with van der Waals surface area (Å²) in [6.07, 6.45) is 1.52. The van der Waals surface area contributed by atoms with E-state index in [1.165, 1.54) is 5.56 Å². The maximum Gasteiger partial charge on any atom is 0.322 e. The highest BCUT2D eigenvalue weighted by Gasteiger charge is 2.16. The number of aromatic nitrogens is 4. The predicted molar refractivity (Wildman–Crippen MR) is 98.2 cm³/mol. The van der Waals surface area contributed by atoms with E-state index in [1.807, 2.05) is 32.9 Å². The van der Waals surface area contributed by atoms with E-state index < -0.39 is 0 Å². The zero-order chi connectivity index (χ0) is 18.7. The molecule has 0 atom stereocenters. The van der Waals surface area contributed by atoms with Crippen LogP contribution in [0.5, 0.6) is 0 Å². The van der Waals surface area contributed by atoms with Crippen molar-refractivity contribution in [2.75, 3.05) is 5.32 Å². The largest absolute Gasteiger partial charge is 0.407 e. The number of anilines is 1. The number of nitrogens with zero attached hydrogens (tertiary/aromatic N) is 4. The Bertz CT molecular complexity index is 893. The molecule has 0 fully saturated rings. The Balaban J connectivity index is 1.65. The van der Waals surface area contributed by atoms with Gasteiger partial charge in [-0.2, -0.15) is 5.10 Å². The number of nitrogens with one attached hydrogen (secondary N) is 1. The molecule has 0 bridgehead atoms. The number of carbonyl (C=O) groups is 1. The highest BCUT2D eigenvalue weighted by Crippen LogP contribution is 2.15. The van der Waals surface area contributed by atoms with Gasteiger partial charge in [-0.3, -0.25) is 14.8 Å². The molecule has 0 saturated carbocycles. The van der Waals surface area contributed by atoms with Gasteiger partial charge in [0.2, 0.25) is 5.89 Å². The molecular formula is C19H23N5O2. The molecule has 26 heavy (non-hydrogen) atoms. The third kappa shape index (κ3) is 3.99. The lowest BCUT2D eigenvalue weighted by Crippen LogP contribution is -2.14. The zero-order valence-electron chi connectivity index (χ0n) is 15.5. The lowest BCUT2D eigenvalue weighted by molar-refractivity contribution is 0.101. The second-order valence-corrected chi connectivity index (χ2v) is 6.51. The van der Waals surface area contributed by atoms with Crippen LogP contribution >= 0.6 is 0 Å². The first-order chi connectivity index (χ1) is 12.5. The van der Waals surface area contributed by atoms with Gasteiger partial charge in [0.05, 0.1) is 6.42 Å². The summed E-state index contributed by atoms with van der Waals surface area (Å²) < 4.78 is 7.33. The van der Waals surface area contributed by atoms with Crippen LogP contribution in [-0.4, -0.2) is 25.9 Å². The first kappa shape index (κ1) is 17.8. The molecular weight excluding hydrogens is 330 g/mol. The van der Waals surface area contributed by atoms with Crippen molar-refractivity contribution in [3.8, 4) is 0 Å². The minimum Gasteiger partial charge on any atom is -0.407 e. The number of carbonyl (C=O) groups excluding carboxylic acids is 1. The molecule has 0 aliphatic heterocycles. The van der Waals surface area contributed by atoms with E-state index in [4.69, 9.17) is 4.42 Å². The maximum atomic E-state index is 12.3. The van der Waals surface area contributed by atoms with Gasteiger partial charge in [-0.05, 0) is 44.4 Å². The molecule has 136 valence electrons. The Morgan fingerprint density at radius 2 is 1.88 bits per heavy atom. The Morgan fingerprint density at radius 3 is 2.50 bits per heavy atom. The summed E-state index contributed by atoms with van der Waals surface area (Å²) in [5, 5.41) is 14.8. The molecule has 1 aromatic carbocycles. The maximum absolute atomic E-state index is 12.3. The molecule has 2 heterocycles. The van der Waals surface area contributed by atoms with Crippen molar-refractivity contribution >= 4 is 11.9 Å². The fourth-order valence-corrected chi connectivity index (χ4v) is 2.73. The van der Waals surface area contributed by atoms with Crippen LogP contribution in [0.25, 0.3) is 0 Å². The molecule has 0 unspecified atom stereocenters. The Hall–Kier alpha value is -2.96. The average molecular weight is 353 g/mol. The number of rotatable bonds is 6. The molecule has 0 radical (unpaired) electrons. The summed E-state index contributed by atoms with van der Waals surface area (Å²) in [6, 6.07) is 10.3. The minimum atomic E-state index is -0.366. The summed E-state index contributed by atoms with van der Waals surface area (Å²) in [4.78, 5) is 12.3. The molecule has 7 nitrogen and oxygen atoms in total. The van der Waals surface area contributed by atoms with Crippen molar-refractivity contribution < 1.29 is 9.21 Å². The third-order valence-corrected chi connectivity index (χ3v) is 4.12. The second kappa shape index (κ2) is 7.51. The molecule has 0 saturated heterocycles. The molecule has 0 aliphatic rings. The molecule has 3 rings (SSSR count). The third-order valence-electron chi connectivity index (χ3n) is 4.12. The van der Waals surface area contributed by atoms with E-state index in [0.29, 0.717) is 18.0 Å². The van der Waals surface area contributed by atoms with Gasteiger partial charge in [-0.1, -0.05) is 36.3 Å². The number of aryl methyl sites for hydroxylation is 2. The van der Waals surface area contributed by atoms with Gasteiger partial charge in [0.1, 0.15) is 0 Å². The normalized spacial score (nSPS) is 11.1. The van der Waals surface area contributed by atoms with Crippen LogP contribution in [0.15, 0.2) is 34.7 Å². The van der Waals surface area contributed by atoms with Gasteiger partial charge in [0, 0.05) is 11.7 Å². The quantitative estimate of drug-likeness (QED) is 0.732.